The van der Waals surface area contributed by atoms with Crippen LogP contribution in [0, 0.1) is 5.92 Å². The predicted octanol–water partition coefficient (Wildman–Crippen LogP) is 3.81. The third kappa shape index (κ3) is 5.58. The van der Waals surface area contributed by atoms with Gasteiger partial charge in [-0.05, 0) is 50.0 Å². The van der Waals surface area contributed by atoms with E-state index in [4.69, 9.17) is 9.47 Å². The Morgan fingerprint density at radius 2 is 1.81 bits per heavy atom. The molecule has 1 N–H and O–H groups in total. The van der Waals surface area contributed by atoms with Gasteiger partial charge in [-0.15, -0.1) is 0 Å². The van der Waals surface area contributed by atoms with Gasteiger partial charge in [0.2, 0.25) is 0 Å². The van der Waals surface area contributed by atoms with Crippen LogP contribution in [0.5, 0.6) is 11.5 Å². The fourth-order valence-electron chi connectivity index (χ4n) is 2.56. The van der Waals surface area contributed by atoms with E-state index in [-0.39, 0.29) is 0 Å². The molecule has 0 aliphatic carbocycles. The monoisotopic (exact) mass is 291 g/mol. The third-order valence-electron chi connectivity index (χ3n) is 3.87. The summed E-state index contributed by atoms with van der Waals surface area (Å²) in [6.07, 6.45) is 6.29. The maximum Gasteiger partial charge on any atom is 0.161 e. The molecule has 0 fully saturated rings. The van der Waals surface area contributed by atoms with Gasteiger partial charge in [0, 0.05) is 5.92 Å². The molecule has 1 unspecified atom stereocenters. The Balaban J connectivity index is 1.72. The van der Waals surface area contributed by atoms with E-state index < -0.39 is 0 Å². The molecule has 1 aliphatic rings. The second-order valence-electron chi connectivity index (χ2n) is 6.03. The first-order valence-corrected chi connectivity index (χ1v) is 8.39. The molecule has 3 nitrogen and oxygen atoms in total. The first-order chi connectivity index (χ1) is 10.3. The average molecular weight is 291 g/mol. The fourth-order valence-corrected chi connectivity index (χ4v) is 2.56. The summed E-state index contributed by atoms with van der Waals surface area (Å²) in [4.78, 5) is 0. The molecule has 1 heterocycles. The van der Waals surface area contributed by atoms with Crippen LogP contribution in [0.3, 0.4) is 0 Å². The molecule has 118 valence electrons. The predicted molar refractivity (Wildman–Crippen MR) is 87.3 cm³/mol. The second-order valence-corrected chi connectivity index (χ2v) is 6.03. The van der Waals surface area contributed by atoms with Gasteiger partial charge in [0.1, 0.15) is 0 Å². The summed E-state index contributed by atoms with van der Waals surface area (Å²) in [6, 6.07) is 6.40. The lowest BCUT2D eigenvalue weighted by atomic mass is 10.1. The molecule has 0 saturated heterocycles. The van der Waals surface area contributed by atoms with Crippen molar-refractivity contribution < 1.29 is 9.47 Å². The molecule has 0 aromatic heterocycles. The summed E-state index contributed by atoms with van der Waals surface area (Å²) in [7, 11) is 0. The lowest BCUT2D eigenvalue weighted by molar-refractivity contribution is 0.228. The lowest BCUT2D eigenvalue weighted by Crippen LogP contribution is -2.13. The molecule has 0 bridgehead atoms. The number of benzene rings is 1. The molecule has 1 aromatic rings. The zero-order valence-corrected chi connectivity index (χ0v) is 13.5. The van der Waals surface area contributed by atoms with Crippen molar-refractivity contribution in [1.29, 1.82) is 0 Å². The topological polar surface area (TPSA) is 30.5 Å². The number of fused-ring (bicyclic) bond motifs is 1. The van der Waals surface area contributed by atoms with E-state index in [0.717, 1.165) is 44.2 Å². The van der Waals surface area contributed by atoms with E-state index in [1.165, 1.54) is 31.2 Å². The summed E-state index contributed by atoms with van der Waals surface area (Å²) in [6.45, 7) is 8.04. The zero-order chi connectivity index (χ0) is 14.9. The van der Waals surface area contributed by atoms with Crippen LogP contribution in [-0.4, -0.2) is 26.3 Å². The van der Waals surface area contributed by atoms with Crippen molar-refractivity contribution >= 4 is 0 Å². The van der Waals surface area contributed by atoms with Gasteiger partial charge in [0.25, 0.3) is 0 Å². The van der Waals surface area contributed by atoms with Gasteiger partial charge >= 0.3 is 0 Å². The van der Waals surface area contributed by atoms with Crippen LogP contribution >= 0.6 is 0 Å². The smallest absolute Gasteiger partial charge is 0.161 e. The summed E-state index contributed by atoms with van der Waals surface area (Å²) in [5.41, 5.74) is 1.36. The number of hydrogen-bond acceptors (Lipinski definition) is 3. The lowest BCUT2D eigenvalue weighted by Gasteiger charge is -2.09. The van der Waals surface area contributed by atoms with Crippen molar-refractivity contribution in [2.24, 2.45) is 5.92 Å². The Morgan fingerprint density at radius 3 is 2.62 bits per heavy atom. The minimum absolute atomic E-state index is 0.456. The van der Waals surface area contributed by atoms with Crippen LogP contribution in [0.25, 0.3) is 0 Å². The highest BCUT2D eigenvalue weighted by Gasteiger charge is 2.14. The van der Waals surface area contributed by atoms with Crippen LogP contribution in [0.4, 0.5) is 0 Å². The van der Waals surface area contributed by atoms with Crippen molar-refractivity contribution in [2.45, 2.75) is 46.0 Å². The van der Waals surface area contributed by atoms with E-state index >= 15 is 0 Å². The number of hydrogen-bond donors (Lipinski definition) is 1. The van der Waals surface area contributed by atoms with E-state index in [1.807, 2.05) is 0 Å². The zero-order valence-electron chi connectivity index (χ0n) is 13.5. The van der Waals surface area contributed by atoms with E-state index in [9.17, 15) is 0 Å². The van der Waals surface area contributed by atoms with Crippen molar-refractivity contribution in [2.75, 3.05) is 26.3 Å². The van der Waals surface area contributed by atoms with Crippen molar-refractivity contribution in [3.63, 3.8) is 0 Å². The van der Waals surface area contributed by atoms with Gasteiger partial charge in [-0.2, -0.15) is 0 Å². The molecule has 0 saturated carbocycles. The normalized spacial score (nSPS) is 17.5. The minimum Gasteiger partial charge on any atom is -0.489 e. The van der Waals surface area contributed by atoms with E-state index in [1.54, 1.807) is 0 Å². The van der Waals surface area contributed by atoms with Crippen LogP contribution in [0.15, 0.2) is 18.2 Å². The van der Waals surface area contributed by atoms with Gasteiger partial charge in [-0.1, -0.05) is 32.8 Å². The fraction of sp³-hybridized carbons (Fsp3) is 0.667. The molecule has 0 spiro atoms. The maximum atomic E-state index is 5.84. The third-order valence-corrected chi connectivity index (χ3v) is 3.87. The highest BCUT2D eigenvalue weighted by Crippen LogP contribution is 2.31. The summed E-state index contributed by atoms with van der Waals surface area (Å²) >= 11 is 0. The van der Waals surface area contributed by atoms with E-state index in [2.05, 4.69) is 37.4 Å². The number of rotatable bonds is 8. The Morgan fingerprint density at radius 1 is 1.05 bits per heavy atom. The highest BCUT2D eigenvalue weighted by atomic mass is 16.5. The Hall–Kier alpha value is -1.22. The van der Waals surface area contributed by atoms with Crippen LogP contribution in [0.1, 0.15) is 45.1 Å². The average Bonchev–Trinajstić information content (AvgIpc) is 2.68. The summed E-state index contributed by atoms with van der Waals surface area (Å²) in [5.74, 6) is 2.27. The molecule has 2 rings (SSSR count). The van der Waals surface area contributed by atoms with Crippen molar-refractivity contribution in [3.05, 3.63) is 23.8 Å². The second kappa shape index (κ2) is 8.93. The molecule has 1 aromatic carbocycles. The standard InChI is InChI=1S/C18H29NO2/c1-3-19-11-7-5-4-6-8-16-9-10-17-18(12-16)21-14-15(2)13-20-17/h9-10,12,15,19H,3-8,11,13-14H2,1-2H3. The first-order valence-electron chi connectivity index (χ1n) is 8.39. The van der Waals surface area contributed by atoms with Crippen molar-refractivity contribution in [1.82, 2.24) is 5.32 Å². The van der Waals surface area contributed by atoms with Gasteiger partial charge in [-0.3, -0.25) is 0 Å². The Labute approximate surface area is 129 Å². The van der Waals surface area contributed by atoms with Gasteiger partial charge in [0.15, 0.2) is 11.5 Å². The molecule has 1 aliphatic heterocycles. The van der Waals surface area contributed by atoms with Gasteiger partial charge in [-0.25, -0.2) is 0 Å². The van der Waals surface area contributed by atoms with Crippen molar-refractivity contribution in [3.8, 4) is 11.5 Å². The van der Waals surface area contributed by atoms with Crippen LogP contribution in [0.2, 0.25) is 0 Å². The first kappa shape index (κ1) is 16.2. The highest BCUT2D eigenvalue weighted by molar-refractivity contribution is 5.43. The molecule has 3 heteroatoms. The Kier molecular flexibility index (Phi) is 6.87. The molecule has 21 heavy (non-hydrogen) atoms. The maximum absolute atomic E-state index is 5.84. The van der Waals surface area contributed by atoms with Gasteiger partial charge < -0.3 is 14.8 Å². The number of unbranched alkanes of at least 4 members (excludes halogenated alkanes) is 3. The van der Waals surface area contributed by atoms with E-state index in [0.29, 0.717) is 5.92 Å². The molecular weight excluding hydrogens is 262 g/mol. The van der Waals surface area contributed by atoms with Crippen LogP contribution in [-0.2, 0) is 6.42 Å². The molecule has 0 radical (unpaired) electrons. The largest absolute Gasteiger partial charge is 0.489 e. The summed E-state index contributed by atoms with van der Waals surface area (Å²) in [5, 5.41) is 3.37. The van der Waals surface area contributed by atoms with Crippen LogP contribution < -0.4 is 14.8 Å². The quantitative estimate of drug-likeness (QED) is 0.739. The van der Waals surface area contributed by atoms with Gasteiger partial charge in [0.05, 0.1) is 13.2 Å². The Bertz CT molecular complexity index is 420. The SMILES string of the molecule is CCNCCCCCCc1ccc2c(c1)OCC(C)CO2. The minimum atomic E-state index is 0.456. The number of aryl methyl sites for hydroxylation is 1. The molecule has 0 amide bonds. The molecular formula is C18H29NO2. The molecule has 1 atom stereocenters. The number of nitrogens with one attached hydrogen (secondary N) is 1. The number of ether oxygens (including phenoxy) is 2. The summed E-state index contributed by atoms with van der Waals surface area (Å²) < 4.78 is 11.6.